The van der Waals surface area contributed by atoms with Gasteiger partial charge in [-0.05, 0) is 157 Å². The summed E-state index contributed by atoms with van der Waals surface area (Å²) in [7, 11) is 0. The summed E-state index contributed by atoms with van der Waals surface area (Å²) in [6, 6.07) is 31.2. The van der Waals surface area contributed by atoms with Crippen LogP contribution in [0.2, 0.25) is 0 Å². The summed E-state index contributed by atoms with van der Waals surface area (Å²) in [5, 5.41) is 20.0. The number of rotatable bonds is 26. The monoisotopic (exact) mass is 911 g/mol. The zero-order valence-electron chi connectivity index (χ0n) is 40.7. The molecule has 5 aromatic rings. The molecule has 8 heteroatoms. The number of hydrogen-bond donors (Lipinski definition) is 2. The van der Waals surface area contributed by atoms with E-state index < -0.39 is 17.4 Å². The Morgan fingerprint density at radius 3 is 1.54 bits per heavy atom. The molecular formula is C59H71FO7. The highest BCUT2D eigenvalue weighted by molar-refractivity contribution is 5.87. The van der Waals surface area contributed by atoms with Crippen molar-refractivity contribution in [2.24, 2.45) is 5.41 Å². The fourth-order valence-corrected chi connectivity index (χ4v) is 8.21. The molecule has 0 unspecified atom stereocenters. The Labute approximate surface area is 398 Å². The van der Waals surface area contributed by atoms with Gasteiger partial charge in [0.05, 0.1) is 33.0 Å². The maximum atomic E-state index is 16.0. The predicted octanol–water partition coefficient (Wildman–Crippen LogP) is 13.2. The van der Waals surface area contributed by atoms with E-state index in [-0.39, 0.29) is 38.9 Å². The molecule has 0 heterocycles. The van der Waals surface area contributed by atoms with Gasteiger partial charge >= 0.3 is 11.9 Å². The molecule has 0 aliphatic heterocycles. The lowest BCUT2D eigenvalue weighted by atomic mass is 9.88. The number of aliphatic hydroxyl groups excluding tert-OH is 2. The topological polar surface area (TPSA) is 102 Å². The minimum absolute atomic E-state index is 0.186. The molecule has 0 saturated carbocycles. The molecule has 0 aliphatic rings. The Balaban J connectivity index is 1.48. The molecule has 0 aliphatic carbocycles. The number of hydrogen-bond acceptors (Lipinski definition) is 7. The third-order valence-electron chi connectivity index (χ3n) is 12.5. The van der Waals surface area contributed by atoms with Crippen molar-refractivity contribution < 1.29 is 38.4 Å². The second-order valence-corrected chi connectivity index (χ2v) is 18.2. The Morgan fingerprint density at radius 2 is 1.04 bits per heavy atom. The van der Waals surface area contributed by atoms with Crippen molar-refractivity contribution in [2.45, 2.75) is 112 Å². The Hall–Kier alpha value is -5.83. The van der Waals surface area contributed by atoms with Crippen LogP contribution in [0.1, 0.15) is 108 Å². The van der Waals surface area contributed by atoms with Crippen LogP contribution in [0.15, 0.2) is 115 Å². The first-order valence-corrected chi connectivity index (χ1v) is 24.1. The Bertz CT molecular complexity index is 2420. The smallest absolute Gasteiger partial charge is 0.333 e. The quantitative estimate of drug-likeness (QED) is 0.0324. The minimum atomic E-state index is -0.716. The summed E-state index contributed by atoms with van der Waals surface area (Å²) < 4.78 is 33.5. The van der Waals surface area contributed by atoms with Gasteiger partial charge < -0.3 is 24.4 Å². The molecule has 5 aromatic carbocycles. The molecule has 7 nitrogen and oxygen atoms in total. The van der Waals surface area contributed by atoms with E-state index in [1.807, 2.05) is 25.1 Å². The Kier molecular flexibility index (Phi) is 19.7. The van der Waals surface area contributed by atoms with Gasteiger partial charge in [0.2, 0.25) is 0 Å². The number of esters is 2. The Morgan fingerprint density at radius 1 is 0.567 bits per heavy atom. The maximum Gasteiger partial charge on any atom is 0.333 e. The molecule has 67 heavy (non-hydrogen) atoms. The minimum Gasteiger partial charge on any atom is -0.493 e. The van der Waals surface area contributed by atoms with Crippen LogP contribution in [0, 0.1) is 11.2 Å². The highest BCUT2D eigenvalue weighted by atomic mass is 19.1. The van der Waals surface area contributed by atoms with Crippen LogP contribution < -0.4 is 4.74 Å². The number of unbranched alkanes of at least 4 members (excludes halogenated alkanes) is 2. The third kappa shape index (κ3) is 14.3. The zero-order chi connectivity index (χ0) is 48.5. The molecule has 0 aromatic heterocycles. The van der Waals surface area contributed by atoms with Gasteiger partial charge in [0, 0.05) is 22.1 Å². The van der Waals surface area contributed by atoms with Gasteiger partial charge in [-0.2, -0.15) is 0 Å². The SMILES string of the molecule is C=C(C)C(=O)OCCCc1cc(-c2ccc(-c3ccc(-c4ccc(-c5ccc(CCCCC)cc5)cc4F)c(CC)c3)cc2CC)cc(CCCOC(=O)C(=C)C)c1OCCC(C)(CO)CO. The molecule has 2 N–H and O–H groups in total. The molecule has 0 fully saturated rings. The van der Waals surface area contributed by atoms with E-state index in [2.05, 4.69) is 101 Å². The van der Waals surface area contributed by atoms with Crippen LogP contribution in [0.25, 0.3) is 44.5 Å². The summed E-state index contributed by atoms with van der Waals surface area (Å²) in [6.45, 7) is 19.2. The first-order chi connectivity index (χ1) is 32.2. The number of carbonyl (C=O) groups excluding carboxylic acids is 2. The van der Waals surface area contributed by atoms with Crippen molar-refractivity contribution in [3.8, 4) is 50.3 Å². The molecule has 356 valence electrons. The molecule has 5 rings (SSSR count). The summed E-state index contributed by atoms with van der Waals surface area (Å²) in [4.78, 5) is 24.4. The van der Waals surface area contributed by atoms with E-state index in [9.17, 15) is 19.8 Å². The summed E-state index contributed by atoms with van der Waals surface area (Å²) >= 11 is 0. The highest BCUT2D eigenvalue weighted by Gasteiger charge is 2.24. The van der Waals surface area contributed by atoms with E-state index >= 15 is 4.39 Å². The van der Waals surface area contributed by atoms with Crippen molar-refractivity contribution in [1.82, 2.24) is 0 Å². The zero-order valence-corrected chi connectivity index (χ0v) is 40.7. The number of halogens is 1. The lowest BCUT2D eigenvalue weighted by Gasteiger charge is -2.26. The van der Waals surface area contributed by atoms with Gasteiger partial charge in [0.15, 0.2) is 0 Å². The molecule has 0 amide bonds. The van der Waals surface area contributed by atoms with Crippen LogP contribution >= 0.6 is 0 Å². The second-order valence-electron chi connectivity index (χ2n) is 18.2. The van der Waals surface area contributed by atoms with Crippen molar-refractivity contribution in [3.63, 3.8) is 0 Å². The van der Waals surface area contributed by atoms with E-state index in [0.717, 1.165) is 80.5 Å². The normalized spacial score (nSPS) is 11.4. The average molecular weight is 911 g/mol. The number of benzene rings is 5. The standard InChI is InChI=1S/C59H71FO7/c1-9-12-13-16-42-19-21-45(22-20-42)48-25-28-54(55(60)37-48)53-27-24-47(34-44(53)11-3)46-23-26-52(43(10-2)33-46)51-35-49(17-14-30-66-57(63)40(4)5)56(65-32-29-59(8,38-61)39-62)50(36-51)18-15-31-67-58(64)41(6)7/h19-28,33-37,61-62H,4,6,9-18,29-32,38-39H2,1-3,5,7-8H3. The van der Waals surface area contributed by atoms with Gasteiger partial charge in [-0.15, -0.1) is 0 Å². The van der Waals surface area contributed by atoms with Crippen molar-refractivity contribution in [3.05, 3.63) is 149 Å². The van der Waals surface area contributed by atoms with Crippen molar-refractivity contribution in [1.29, 1.82) is 0 Å². The highest BCUT2D eigenvalue weighted by Crippen LogP contribution is 2.38. The number of aryl methyl sites for hydroxylation is 5. The lowest BCUT2D eigenvalue weighted by molar-refractivity contribution is -0.139. The summed E-state index contributed by atoms with van der Waals surface area (Å²) in [6.07, 6.45) is 8.74. The fraction of sp³-hybridized carbons (Fsp3) is 0.390. The molecule has 0 saturated heterocycles. The van der Waals surface area contributed by atoms with E-state index in [1.165, 1.54) is 24.8 Å². The fourth-order valence-electron chi connectivity index (χ4n) is 8.21. The first-order valence-electron chi connectivity index (χ1n) is 24.1. The molecule has 0 radical (unpaired) electrons. The largest absolute Gasteiger partial charge is 0.493 e. The lowest BCUT2D eigenvalue weighted by Crippen LogP contribution is -2.28. The number of carbonyl (C=O) groups is 2. The molecule has 0 spiro atoms. The molecular weight excluding hydrogens is 840 g/mol. The van der Waals surface area contributed by atoms with E-state index in [4.69, 9.17) is 14.2 Å². The van der Waals surface area contributed by atoms with E-state index in [0.29, 0.717) is 54.6 Å². The summed E-state index contributed by atoms with van der Waals surface area (Å²) in [5.74, 6) is -0.424. The number of ether oxygens (including phenoxy) is 3. The van der Waals surface area contributed by atoms with Gasteiger partial charge in [-0.25, -0.2) is 14.0 Å². The van der Waals surface area contributed by atoms with Crippen molar-refractivity contribution >= 4 is 11.9 Å². The third-order valence-corrected chi connectivity index (χ3v) is 12.5. The van der Waals surface area contributed by atoms with Crippen LogP contribution in [-0.2, 0) is 51.2 Å². The molecule has 0 bridgehead atoms. The van der Waals surface area contributed by atoms with Gasteiger partial charge in [-0.3, -0.25) is 0 Å². The van der Waals surface area contributed by atoms with Crippen LogP contribution in [0.4, 0.5) is 4.39 Å². The van der Waals surface area contributed by atoms with Crippen LogP contribution in [0.3, 0.4) is 0 Å². The van der Waals surface area contributed by atoms with Gasteiger partial charge in [0.25, 0.3) is 0 Å². The van der Waals surface area contributed by atoms with Crippen LogP contribution in [-0.4, -0.2) is 55.2 Å². The van der Waals surface area contributed by atoms with Gasteiger partial charge in [0.1, 0.15) is 11.6 Å². The van der Waals surface area contributed by atoms with Crippen LogP contribution in [0.5, 0.6) is 5.75 Å². The molecule has 0 atom stereocenters. The first kappa shape index (κ1) is 52.1. The second kappa shape index (κ2) is 25.3. The average Bonchev–Trinajstić information content (AvgIpc) is 3.34. The summed E-state index contributed by atoms with van der Waals surface area (Å²) in [5.41, 5.74) is 12.9. The number of aliphatic hydroxyl groups is 2. The maximum absolute atomic E-state index is 16.0. The van der Waals surface area contributed by atoms with Crippen molar-refractivity contribution in [2.75, 3.05) is 33.0 Å². The van der Waals surface area contributed by atoms with Gasteiger partial charge in [-0.1, -0.05) is 126 Å². The van der Waals surface area contributed by atoms with E-state index in [1.54, 1.807) is 19.9 Å². The predicted molar refractivity (Wildman–Crippen MR) is 271 cm³/mol.